The van der Waals surface area contributed by atoms with E-state index in [2.05, 4.69) is 5.32 Å². The Kier molecular flexibility index (Phi) is 5.42. The van der Waals surface area contributed by atoms with Crippen molar-refractivity contribution in [2.45, 2.75) is 64.1 Å². The molecule has 3 unspecified atom stereocenters. The average molecular weight is 344 g/mol. The maximum atomic E-state index is 12.6. The number of amides is 1. The van der Waals surface area contributed by atoms with Gasteiger partial charge in [-0.15, -0.1) is 0 Å². The summed E-state index contributed by atoms with van der Waals surface area (Å²) in [6, 6.07) is 7.45. The summed E-state index contributed by atoms with van der Waals surface area (Å²) >= 11 is 0. The van der Waals surface area contributed by atoms with E-state index in [4.69, 9.17) is 10.5 Å². The Morgan fingerprint density at radius 3 is 2.56 bits per heavy atom. The van der Waals surface area contributed by atoms with Crippen molar-refractivity contribution in [2.75, 3.05) is 0 Å². The number of carbonyl (C=O) groups is 2. The van der Waals surface area contributed by atoms with Crippen molar-refractivity contribution in [1.82, 2.24) is 5.32 Å². The molecule has 25 heavy (non-hydrogen) atoms. The largest absolute Gasteiger partial charge is 0.481 e. The van der Waals surface area contributed by atoms with E-state index < -0.39 is 6.10 Å². The van der Waals surface area contributed by atoms with Gasteiger partial charge in [0.25, 0.3) is 5.91 Å². The number of fused-ring (bicyclic) bond motifs is 2. The molecule has 1 aromatic rings. The molecule has 0 heterocycles. The molecule has 1 aromatic carbocycles. The van der Waals surface area contributed by atoms with E-state index in [1.54, 1.807) is 31.2 Å². The maximum absolute atomic E-state index is 12.6. The van der Waals surface area contributed by atoms with E-state index in [0.29, 0.717) is 23.1 Å². The minimum atomic E-state index is -0.599. The molecule has 3 N–H and O–H groups in total. The lowest BCUT2D eigenvalue weighted by Crippen LogP contribution is -2.55. The third-order valence-corrected chi connectivity index (χ3v) is 5.61. The van der Waals surface area contributed by atoms with Crippen LogP contribution in [0.2, 0.25) is 0 Å². The molecule has 0 radical (unpaired) electrons. The number of ether oxygens (including phenoxy) is 1. The number of nitrogens with one attached hydrogen (secondary N) is 1. The van der Waals surface area contributed by atoms with Gasteiger partial charge in [-0.2, -0.15) is 0 Å². The third-order valence-electron chi connectivity index (χ3n) is 5.61. The zero-order valence-corrected chi connectivity index (χ0v) is 15.0. The minimum absolute atomic E-state index is 0.0195. The average Bonchev–Trinajstić information content (AvgIpc) is 2.55. The Labute approximate surface area is 149 Å². The molecule has 0 aliphatic heterocycles. The van der Waals surface area contributed by atoms with Crippen molar-refractivity contribution in [1.29, 1.82) is 0 Å². The number of rotatable bonds is 5. The predicted octanol–water partition coefficient (Wildman–Crippen LogP) is 2.68. The van der Waals surface area contributed by atoms with Gasteiger partial charge in [-0.25, -0.2) is 0 Å². The summed E-state index contributed by atoms with van der Waals surface area (Å²) in [5.41, 5.74) is 6.74. The van der Waals surface area contributed by atoms with Crippen molar-refractivity contribution in [3.63, 3.8) is 0 Å². The van der Waals surface area contributed by atoms with Gasteiger partial charge < -0.3 is 15.8 Å². The molecule has 3 atom stereocenters. The van der Waals surface area contributed by atoms with Gasteiger partial charge in [0.05, 0.1) is 0 Å². The first-order chi connectivity index (χ1) is 11.9. The highest BCUT2D eigenvalue weighted by molar-refractivity contribution is 5.94. The Balaban J connectivity index is 1.61. The summed E-state index contributed by atoms with van der Waals surface area (Å²) < 4.78 is 5.76. The van der Waals surface area contributed by atoms with Gasteiger partial charge in [0, 0.05) is 17.6 Å². The molecule has 2 aliphatic rings. The normalized spacial score (nSPS) is 29.6. The van der Waals surface area contributed by atoms with Gasteiger partial charge in [0.15, 0.2) is 11.9 Å². The summed E-state index contributed by atoms with van der Waals surface area (Å²) in [4.78, 5) is 24.1. The minimum Gasteiger partial charge on any atom is -0.481 e. The number of hydrogen-bond donors (Lipinski definition) is 2. The molecular formula is C20H28N2O3. The lowest BCUT2D eigenvalue weighted by Gasteiger charge is -2.45. The van der Waals surface area contributed by atoms with Crippen LogP contribution in [-0.4, -0.2) is 29.9 Å². The second kappa shape index (κ2) is 7.56. The zero-order chi connectivity index (χ0) is 18.0. The van der Waals surface area contributed by atoms with Crippen LogP contribution in [0.25, 0.3) is 0 Å². The molecule has 2 aliphatic carbocycles. The van der Waals surface area contributed by atoms with Crippen LogP contribution in [0.4, 0.5) is 0 Å². The van der Waals surface area contributed by atoms with Gasteiger partial charge in [-0.1, -0.05) is 18.6 Å². The molecule has 0 saturated heterocycles. The Morgan fingerprint density at radius 2 is 1.92 bits per heavy atom. The maximum Gasteiger partial charge on any atom is 0.261 e. The molecule has 2 saturated carbocycles. The van der Waals surface area contributed by atoms with E-state index >= 15 is 0 Å². The number of ketones is 1. The summed E-state index contributed by atoms with van der Waals surface area (Å²) in [6.45, 7) is 3.27. The quantitative estimate of drug-likeness (QED) is 0.805. The highest BCUT2D eigenvalue weighted by Gasteiger charge is 2.40. The SMILES string of the molecule is CC(=O)c1cccc(OC(C)C(=O)NC2C3CCCC2CC(N)C3)c1. The number of carbonyl (C=O) groups excluding carboxylic acids is 2. The van der Waals surface area contributed by atoms with E-state index in [-0.39, 0.29) is 23.8 Å². The first-order valence-corrected chi connectivity index (χ1v) is 9.27. The van der Waals surface area contributed by atoms with Crippen molar-refractivity contribution >= 4 is 11.7 Å². The van der Waals surface area contributed by atoms with Gasteiger partial charge >= 0.3 is 0 Å². The molecule has 1 amide bonds. The fourth-order valence-corrected chi connectivity index (χ4v) is 4.35. The molecule has 0 aromatic heterocycles. The fourth-order valence-electron chi connectivity index (χ4n) is 4.35. The summed E-state index contributed by atoms with van der Waals surface area (Å²) in [5, 5.41) is 3.21. The van der Waals surface area contributed by atoms with Crippen molar-refractivity contribution in [3.05, 3.63) is 29.8 Å². The topological polar surface area (TPSA) is 81.4 Å². The molecule has 0 spiro atoms. The van der Waals surface area contributed by atoms with Gasteiger partial charge in [-0.05, 0) is 63.5 Å². The molecule has 5 nitrogen and oxygen atoms in total. The van der Waals surface area contributed by atoms with E-state index in [0.717, 1.165) is 25.7 Å². The van der Waals surface area contributed by atoms with Crippen molar-refractivity contribution in [3.8, 4) is 5.75 Å². The van der Waals surface area contributed by atoms with Crippen LogP contribution in [0.3, 0.4) is 0 Å². The Hall–Kier alpha value is -1.88. The van der Waals surface area contributed by atoms with Crippen LogP contribution in [0, 0.1) is 11.8 Å². The summed E-state index contributed by atoms with van der Waals surface area (Å²) in [7, 11) is 0. The zero-order valence-electron chi connectivity index (χ0n) is 15.0. The lowest BCUT2D eigenvalue weighted by atomic mass is 9.67. The molecule has 136 valence electrons. The van der Waals surface area contributed by atoms with E-state index in [9.17, 15) is 9.59 Å². The fraction of sp³-hybridized carbons (Fsp3) is 0.600. The lowest BCUT2D eigenvalue weighted by molar-refractivity contribution is -0.129. The predicted molar refractivity (Wildman–Crippen MR) is 96.5 cm³/mol. The van der Waals surface area contributed by atoms with Crippen LogP contribution < -0.4 is 15.8 Å². The summed E-state index contributed by atoms with van der Waals surface area (Å²) in [5.74, 6) is 1.40. The second-order valence-electron chi connectivity index (χ2n) is 7.56. The van der Waals surface area contributed by atoms with Crippen LogP contribution in [0.1, 0.15) is 56.3 Å². The van der Waals surface area contributed by atoms with Crippen molar-refractivity contribution in [2.24, 2.45) is 17.6 Å². The van der Waals surface area contributed by atoms with E-state index in [1.807, 2.05) is 0 Å². The molecule has 5 heteroatoms. The Morgan fingerprint density at radius 1 is 1.24 bits per heavy atom. The number of hydrogen-bond acceptors (Lipinski definition) is 4. The van der Waals surface area contributed by atoms with Crippen molar-refractivity contribution < 1.29 is 14.3 Å². The monoisotopic (exact) mass is 344 g/mol. The molecule has 2 bridgehead atoms. The smallest absolute Gasteiger partial charge is 0.261 e. The molecular weight excluding hydrogens is 316 g/mol. The molecule has 3 rings (SSSR count). The van der Waals surface area contributed by atoms with Gasteiger partial charge in [0.1, 0.15) is 5.75 Å². The van der Waals surface area contributed by atoms with Gasteiger partial charge in [0.2, 0.25) is 0 Å². The number of Topliss-reactive ketones (excluding diaryl/α,β-unsaturated/α-hetero) is 1. The van der Waals surface area contributed by atoms with Crippen LogP contribution in [-0.2, 0) is 4.79 Å². The first kappa shape index (κ1) is 17.9. The highest BCUT2D eigenvalue weighted by Crippen LogP contribution is 2.39. The van der Waals surface area contributed by atoms with Crippen LogP contribution >= 0.6 is 0 Å². The highest BCUT2D eigenvalue weighted by atomic mass is 16.5. The number of nitrogens with two attached hydrogens (primary N) is 1. The Bertz CT molecular complexity index is 632. The van der Waals surface area contributed by atoms with Crippen LogP contribution in [0.5, 0.6) is 5.75 Å². The summed E-state index contributed by atoms with van der Waals surface area (Å²) in [6.07, 6.45) is 4.92. The molecule has 2 fully saturated rings. The third kappa shape index (κ3) is 4.21. The second-order valence-corrected chi connectivity index (χ2v) is 7.56. The van der Waals surface area contributed by atoms with Gasteiger partial charge in [-0.3, -0.25) is 9.59 Å². The van der Waals surface area contributed by atoms with Crippen LogP contribution in [0.15, 0.2) is 24.3 Å². The number of benzene rings is 1. The van der Waals surface area contributed by atoms with E-state index in [1.165, 1.54) is 13.3 Å². The standard InChI is InChI=1S/C20H28N2O3/c1-12(23)14-5-4-8-18(11-14)25-13(2)20(24)22-19-15-6-3-7-16(19)10-17(21)9-15/h4-5,8,11,13,15-17,19H,3,6-7,9-10,21H2,1-2H3,(H,22,24). The first-order valence-electron chi connectivity index (χ1n) is 9.27.